The Bertz CT molecular complexity index is 1860. The van der Waals surface area contributed by atoms with Crippen LogP contribution in [-0.4, -0.2) is 78.7 Å². The van der Waals surface area contributed by atoms with Crippen LogP contribution in [0.5, 0.6) is 5.75 Å². The van der Waals surface area contributed by atoms with Gasteiger partial charge in [0.25, 0.3) is 6.43 Å². The molecule has 4 heterocycles. The Labute approximate surface area is 278 Å². The van der Waals surface area contributed by atoms with Crippen molar-refractivity contribution in [2.24, 2.45) is 11.7 Å². The lowest BCUT2D eigenvalue weighted by Crippen LogP contribution is -2.63. The number of nitrogens with zero attached hydrogens (tertiary/aromatic N) is 6. The van der Waals surface area contributed by atoms with E-state index in [1.807, 2.05) is 13.8 Å². The van der Waals surface area contributed by atoms with E-state index in [9.17, 15) is 23.5 Å². The van der Waals surface area contributed by atoms with Crippen molar-refractivity contribution in [3.63, 3.8) is 0 Å². The van der Waals surface area contributed by atoms with Gasteiger partial charge in [0, 0.05) is 31.6 Å². The van der Waals surface area contributed by atoms with Crippen molar-refractivity contribution in [3.8, 4) is 17.0 Å². The van der Waals surface area contributed by atoms with Crippen LogP contribution < -0.4 is 26.4 Å². The number of alkyl halides is 2. The quantitative estimate of drug-likeness (QED) is 0.103. The van der Waals surface area contributed by atoms with Crippen LogP contribution in [0.15, 0.2) is 37.1 Å². The first kappa shape index (κ1) is 35.4. The van der Waals surface area contributed by atoms with Crippen molar-refractivity contribution in [3.05, 3.63) is 54.2 Å². The van der Waals surface area contributed by atoms with Crippen LogP contribution in [0.3, 0.4) is 0 Å². The number of imidazole rings is 1. The summed E-state index contributed by atoms with van der Waals surface area (Å²) in [4.78, 5) is 43.0. The number of rotatable bonds is 11. The zero-order valence-electron chi connectivity index (χ0n) is 27.0. The maximum Gasteiger partial charge on any atom is 0.334 e. The Kier molecular flexibility index (Phi) is 10.3. The van der Waals surface area contributed by atoms with Gasteiger partial charge in [0.1, 0.15) is 29.8 Å². The number of fused-ring (bicyclic) bond motifs is 1. The Morgan fingerprint density at radius 3 is 2.57 bits per heavy atom. The van der Waals surface area contributed by atoms with Gasteiger partial charge >= 0.3 is 5.97 Å². The van der Waals surface area contributed by atoms with Crippen LogP contribution in [0.4, 0.5) is 29.1 Å². The molecule has 0 aliphatic carbocycles. The lowest BCUT2D eigenvalue weighted by molar-refractivity contribution is -0.139. The lowest BCUT2D eigenvalue weighted by atomic mass is 9.84. The third-order valence-corrected chi connectivity index (χ3v) is 8.34. The first-order valence-electron chi connectivity index (χ1n) is 15.5. The first-order valence-corrected chi connectivity index (χ1v) is 15.5. The number of aromatic nitrogens is 5. The molecular formula is C32H37F4N9O4. The van der Waals surface area contributed by atoms with E-state index in [1.54, 1.807) is 9.47 Å². The molecule has 1 amide bonds. The number of hydrogen-bond acceptors (Lipinski definition) is 11. The third-order valence-electron chi connectivity index (χ3n) is 8.34. The van der Waals surface area contributed by atoms with E-state index >= 15 is 8.78 Å². The second kappa shape index (κ2) is 14.3. The molecule has 3 aromatic heterocycles. The van der Waals surface area contributed by atoms with Gasteiger partial charge in [0.05, 0.1) is 36.0 Å². The molecule has 17 heteroatoms. The molecule has 13 nitrogen and oxygen atoms in total. The van der Waals surface area contributed by atoms with E-state index in [-0.39, 0.29) is 48.9 Å². The molecule has 262 valence electrons. The van der Waals surface area contributed by atoms with Gasteiger partial charge in [-0.1, -0.05) is 13.8 Å². The SMILES string of the molecule is CC(=O)N[C@@H](CC(C)C)C(=O)Oc1cc(F)c(-c2cc(Cn3cnc4c(N)ncnc43)c(N3CCC[C@](N)([C@H](O)C(F)F)C3)cn2)cc1F. The van der Waals surface area contributed by atoms with Gasteiger partial charge in [0.15, 0.2) is 23.0 Å². The number of nitrogen functional groups attached to an aromatic ring is 1. The van der Waals surface area contributed by atoms with E-state index < -0.39 is 53.4 Å². The minimum Gasteiger partial charge on any atom is -0.422 e. The number of carbonyl (C=O) groups is 2. The highest BCUT2D eigenvalue weighted by Gasteiger charge is 2.43. The average Bonchev–Trinajstić information content (AvgIpc) is 3.45. The summed E-state index contributed by atoms with van der Waals surface area (Å²) in [6.07, 6.45) is -0.244. The molecule has 1 aliphatic heterocycles. The summed E-state index contributed by atoms with van der Waals surface area (Å²) in [6, 6.07) is 1.99. The number of ether oxygens (including phenoxy) is 1. The van der Waals surface area contributed by atoms with Crippen LogP contribution in [0, 0.1) is 17.6 Å². The van der Waals surface area contributed by atoms with Gasteiger partial charge in [0.2, 0.25) is 5.91 Å². The fraction of sp³-hybridized carbons (Fsp3) is 0.438. The van der Waals surface area contributed by atoms with Crippen molar-refractivity contribution in [1.29, 1.82) is 0 Å². The molecule has 0 saturated carbocycles. The molecule has 49 heavy (non-hydrogen) atoms. The molecule has 3 atom stereocenters. The van der Waals surface area contributed by atoms with E-state index in [4.69, 9.17) is 16.2 Å². The van der Waals surface area contributed by atoms with Crippen molar-refractivity contribution in [2.45, 2.75) is 70.7 Å². The second-order valence-corrected chi connectivity index (χ2v) is 12.6. The molecule has 0 spiro atoms. The topological polar surface area (TPSA) is 187 Å². The number of carbonyl (C=O) groups excluding carboxylic acids is 2. The number of pyridine rings is 1. The highest BCUT2D eigenvalue weighted by molar-refractivity contribution is 5.84. The first-order chi connectivity index (χ1) is 23.2. The predicted molar refractivity (Wildman–Crippen MR) is 171 cm³/mol. The van der Waals surface area contributed by atoms with Gasteiger partial charge in [-0.2, -0.15) is 0 Å². The highest BCUT2D eigenvalue weighted by atomic mass is 19.3. The van der Waals surface area contributed by atoms with Crippen LogP contribution in [0.25, 0.3) is 22.4 Å². The Morgan fingerprint density at radius 2 is 1.88 bits per heavy atom. The zero-order valence-corrected chi connectivity index (χ0v) is 27.0. The normalized spacial score (nSPS) is 17.8. The number of aliphatic hydroxyl groups is 1. The molecular weight excluding hydrogens is 650 g/mol. The summed E-state index contributed by atoms with van der Waals surface area (Å²) >= 11 is 0. The van der Waals surface area contributed by atoms with Crippen LogP contribution >= 0.6 is 0 Å². The molecule has 1 fully saturated rings. The fourth-order valence-corrected chi connectivity index (χ4v) is 5.97. The Balaban J connectivity index is 1.52. The minimum atomic E-state index is -3.06. The van der Waals surface area contributed by atoms with Crippen molar-refractivity contribution < 1.29 is 37.0 Å². The number of hydrogen-bond donors (Lipinski definition) is 4. The summed E-state index contributed by atoms with van der Waals surface area (Å²) in [5.41, 5.74) is 12.0. The average molecular weight is 688 g/mol. The fourth-order valence-electron chi connectivity index (χ4n) is 5.97. The van der Waals surface area contributed by atoms with Crippen LogP contribution in [-0.2, 0) is 16.1 Å². The lowest BCUT2D eigenvalue weighted by Gasteiger charge is -2.44. The number of halogens is 4. The maximum atomic E-state index is 15.6. The summed E-state index contributed by atoms with van der Waals surface area (Å²) in [6.45, 7) is 5.20. The largest absolute Gasteiger partial charge is 0.422 e. The van der Waals surface area contributed by atoms with E-state index in [1.165, 1.54) is 31.8 Å². The molecule has 6 N–H and O–H groups in total. The number of benzene rings is 1. The highest BCUT2D eigenvalue weighted by Crippen LogP contribution is 2.35. The van der Waals surface area contributed by atoms with Gasteiger partial charge < -0.3 is 36.1 Å². The maximum absolute atomic E-state index is 15.6. The molecule has 0 radical (unpaired) electrons. The molecule has 5 rings (SSSR count). The summed E-state index contributed by atoms with van der Waals surface area (Å²) in [7, 11) is 0. The Hall–Kier alpha value is -4.90. The number of aliphatic hydroxyl groups excluding tert-OH is 1. The summed E-state index contributed by atoms with van der Waals surface area (Å²) in [5, 5.41) is 12.7. The number of nitrogens with one attached hydrogen (secondary N) is 1. The molecule has 4 aromatic rings. The van der Waals surface area contributed by atoms with Crippen LogP contribution in [0.1, 0.15) is 45.6 Å². The van der Waals surface area contributed by atoms with Crippen molar-refractivity contribution in [1.82, 2.24) is 29.8 Å². The van der Waals surface area contributed by atoms with Gasteiger partial charge in [-0.15, -0.1) is 0 Å². The van der Waals surface area contributed by atoms with Crippen molar-refractivity contribution in [2.75, 3.05) is 23.7 Å². The smallest absolute Gasteiger partial charge is 0.334 e. The number of esters is 1. The summed E-state index contributed by atoms with van der Waals surface area (Å²) < 4.78 is 64.9. The number of piperidine rings is 1. The van der Waals surface area contributed by atoms with Gasteiger partial charge in [-0.05, 0) is 42.9 Å². The zero-order chi connectivity index (χ0) is 35.6. The van der Waals surface area contributed by atoms with Crippen LogP contribution in [0.2, 0.25) is 0 Å². The Morgan fingerprint density at radius 1 is 1.12 bits per heavy atom. The van der Waals surface area contributed by atoms with Gasteiger partial charge in [-0.3, -0.25) is 9.78 Å². The standard InChI is InChI=1S/C32H37F4N9O4/c1-16(2)7-23(43-17(3)46)31(48)49-25-10-20(33)19(9-21(25)34)22-8-18(12-45-15-42-26-29(37)40-14-41-30(26)45)24(11-39-22)44-6-4-5-32(38,13-44)27(47)28(35)36/h8-11,14-16,23,27-28,47H,4-7,12-13,38H2,1-3H3,(H,43,46)(H2,37,40,41)/t23-,27+,32+/m0/s1. The van der Waals surface area contributed by atoms with Gasteiger partial charge in [-0.25, -0.2) is 37.3 Å². The summed E-state index contributed by atoms with van der Waals surface area (Å²) in [5.74, 6) is -3.98. The molecule has 0 unspecified atom stereocenters. The number of nitrogens with two attached hydrogens (primary N) is 2. The molecule has 1 saturated heterocycles. The minimum absolute atomic E-state index is 0.00570. The monoisotopic (exact) mass is 687 g/mol. The second-order valence-electron chi connectivity index (χ2n) is 12.6. The number of anilines is 2. The predicted octanol–water partition coefficient (Wildman–Crippen LogP) is 3.18. The third kappa shape index (κ3) is 7.72. The van der Waals surface area contributed by atoms with E-state index in [0.717, 1.165) is 12.1 Å². The number of amides is 1. The van der Waals surface area contributed by atoms with E-state index in [0.29, 0.717) is 35.4 Å². The molecule has 1 aliphatic rings. The van der Waals surface area contributed by atoms with E-state index in [2.05, 4.69) is 25.3 Å². The molecule has 0 bridgehead atoms. The molecule has 1 aromatic carbocycles. The van der Waals surface area contributed by atoms with Crippen molar-refractivity contribution >= 4 is 34.5 Å².